The van der Waals surface area contributed by atoms with Crippen LogP contribution in [-0.2, 0) is 0 Å². The summed E-state index contributed by atoms with van der Waals surface area (Å²) in [5, 5.41) is 12.0. The Morgan fingerprint density at radius 2 is 2.00 bits per heavy atom. The van der Waals surface area contributed by atoms with Gasteiger partial charge in [0.25, 0.3) is 0 Å². The van der Waals surface area contributed by atoms with Crippen LogP contribution < -0.4 is 5.43 Å². The van der Waals surface area contributed by atoms with Crippen LogP contribution in [0.2, 0.25) is 0 Å². The van der Waals surface area contributed by atoms with Gasteiger partial charge < -0.3 is 0 Å². The normalized spacial score (nSPS) is 11.3. The van der Waals surface area contributed by atoms with Crippen LogP contribution in [0.3, 0.4) is 0 Å². The Kier molecular flexibility index (Phi) is 3.82. The fraction of sp³-hybridized carbons (Fsp3) is 0.0833. The molecule has 0 saturated carbocycles. The Labute approximate surface area is 108 Å². The number of halogens is 1. The van der Waals surface area contributed by atoms with Crippen molar-refractivity contribution in [3.05, 3.63) is 52.8 Å². The lowest BCUT2D eigenvalue weighted by Crippen LogP contribution is -2.02. The van der Waals surface area contributed by atoms with E-state index >= 15 is 0 Å². The van der Waals surface area contributed by atoms with E-state index in [-0.39, 0.29) is 0 Å². The fourth-order valence-electron chi connectivity index (χ4n) is 1.22. The Hall–Kier alpha value is -1.75. The van der Waals surface area contributed by atoms with Crippen molar-refractivity contribution in [1.29, 1.82) is 0 Å². The van der Waals surface area contributed by atoms with Crippen LogP contribution in [0.25, 0.3) is 0 Å². The molecule has 0 aliphatic rings. The summed E-state index contributed by atoms with van der Waals surface area (Å²) in [6.45, 7) is 1.88. The van der Waals surface area contributed by atoms with Crippen molar-refractivity contribution >= 4 is 27.3 Å². The minimum Gasteiger partial charge on any atom is -0.278 e. The first kappa shape index (κ1) is 11.7. The molecule has 1 aromatic carbocycles. The van der Waals surface area contributed by atoms with Crippen LogP contribution in [0.5, 0.6) is 0 Å². The summed E-state index contributed by atoms with van der Waals surface area (Å²) in [7, 11) is 0. The maximum absolute atomic E-state index is 4.24. The second-order valence-corrected chi connectivity index (χ2v) is 4.34. The SMILES string of the molecule is C/C(=N/Nc1ccc(Br)cc1)c1cccnn1. The lowest BCUT2D eigenvalue weighted by Gasteiger charge is -2.02. The number of hydrogen-bond donors (Lipinski definition) is 1. The second kappa shape index (κ2) is 5.54. The molecule has 4 nitrogen and oxygen atoms in total. The molecule has 0 atom stereocenters. The first-order valence-corrected chi connectivity index (χ1v) is 5.89. The predicted molar refractivity (Wildman–Crippen MR) is 72.0 cm³/mol. The summed E-state index contributed by atoms with van der Waals surface area (Å²) in [5.74, 6) is 0. The lowest BCUT2D eigenvalue weighted by atomic mass is 10.3. The first-order valence-electron chi connectivity index (χ1n) is 5.09. The predicted octanol–water partition coefficient (Wildman–Crippen LogP) is 3.08. The van der Waals surface area contributed by atoms with Crippen molar-refractivity contribution in [2.75, 3.05) is 5.43 Å². The zero-order valence-electron chi connectivity index (χ0n) is 9.26. The van der Waals surface area contributed by atoms with Crippen molar-refractivity contribution in [3.63, 3.8) is 0 Å². The monoisotopic (exact) mass is 290 g/mol. The maximum atomic E-state index is 4.24. The minimum atomic E-state index is 0.761. The Morgan fingerprint density at radius 1 is 1.24 bits per heavy atom. The number of nitrogens with one attached hydrogen (secondary N) is 1. The first-order chi connectivity index (χ1) is 8.25. The van der Waals surface area contributed by atoms with E-state index in [1.54, 1.807) is 6.20 Å². The van der Waals surface area contributed by atoms with E-state index in [2.05, 4.69) is 36.7 Å². The van der Waals surface area contributed by atoms with Crippen molar-refractivity contribution in [1.82, 2.24) is 10.2 Å². The highest BCUT2D eigenvalue weighted by Crippen LogP contribution is 2.14. The van der Waals surface area contributed by atoms with Gasteiger partial charge >= 0.3 is 0 Å². The minimum absolute atomic E-state index is 0.761. The molecule has 86 valence electrons. The quantitative estimate of drug-likeness (QED) is 0.698. The van der Waals surface area contributed by atoms with E-state index < -0.39 is 0 Å². The highest BCUT2D eigenvalue weighted by Gasteiger charge is 1.98. The van der Waals surface area contributed by atoms with E-state index in [0.29, 0.717) is 0 Å². The van der Waals surface area contributed by atoms with Gasteiger partial charge in [-0.3, -0.25) is 5.43 Å². The van der Waals surface area contributed by atoms with Crippen LogP contribution in [0.1, 0.15) is 12.6 Å². The molecule has 0 aliphatic heterocycles. The van der Waals surface area contributed by atoms with Gasteiger partial charge in [0, 0.05) is 10.7 Å². The van der Waals surface area contributed by atoms with E-state index in [0.717, 1.165) is 21.6 Å². The van der Waals surface area contributed by atoms with Crippen LogP contribution in [0.4, 0.5) is 5.69 Å². The Balaban J connectivity index is 2.08. The van der Waals surface area contributed by atoms with Gasteiger partial charge in [-0.1, -0.05) is 15.9 Å². The van der Waals surface area contributed by atoms with Crippen molar-refractivity contribution < 1.29 is 0 Å². The summed E-state index contributed by atoms with van der Waals surface area (Å²) in [6.07, 6.45) is 1.64. The van der Waals surface area contributed by atoms with Crippen LogP contribution >= 0.6 is 15.9 Å². The lowest BCUT2D eigenvalue weighted by molar-refractivity contribution is 1.01. The highest BCUT2D eigenvalue weighted by atomic mass is 79.9. The zero-order valence-corrected chi connectivity index (χ0v) is 10.8. The maximum Gasteiger partial charge on any atom is 0.109 e. The molecule has 0 radical (unpaired) electrons. The van der Waals surface area contributed by atoms with E-state index in [4.69, 9.17) is 0 Å². The van der Waals surface area contributed by atoms with Gasteiger partial charge in [0.2, 0.25) is 0 Å². The zero-order chi connectivity index (χ0) is 12.1. The number of anilines is 1. The molecule has 0 spiro atoms. The molecule has 1 aromatic heterocycles. The van der Waals surface area contributed by atoms with E-state index in [1.165, 1.54) is 0 Å². The fourth-order valence-corrected chi connectivity index (χ4v) is 1.49. The van der Waals surface area contributed by atoms with Crippen LogP contribution in [0.15, 0.2) is 52.2 Å². The van der Waals surface area contributed by atoms with Crippen molar-refractivity contribution in [3.8, 4) is 0 Å². The molecule has 0 aliphatic carbocycles. The van der Waals surface area contributed by atoms with E-state index in [1.807, 2.05) is 43.3 Å². The van der Waals surface area contributed by atoms with Gasteiger partial charge in [0.1, 0.15) is 5.69 Å². The molecule has 5 heteroatoms. The molecule has 0 unspecified atom stereocenters. The summed E-state index contributed by atoms with van der Waals surface area (Å²) in [4.78, 5) is 0. The summed E-state index contributed by atoms with van der Waals surface area (Å²) < 4.78 is 1.04. The molecular weight excluding hydrogens is 280 g/mol. The van der Waals surface area contributed by atoms with Gasteiger partial charge in [-0.15, -0.1) is 5.10 Å². The van der Waals surface area contributed by atoms with Gasteiger partial charge in [-0.25, -0.2) is 0 Å². The summed E-state index contributed by atoms with van der Waals surface area (Å²) in [5.41, 5.74) is 5.45. The van der Waals surface area contributed by atoms with Gasteiger partial charge in [0.05, 0.1) is 11.4 Å². The van der Waals surface area contributed by atoms with Gasteiger partial charge in [-0.2, -0.15) is 10.2 Å². The average molecular weight is 291 g/mol. The van der Waals surface area contributed by atoms with Crippen LogP contribution in [-0.4, -0.2) is 15.9 Å². The average Bonchev–Trinajstić information content (AvgIpc) is 2.39. The molecule has 1 heterocycles. The van der Waals surface area contributed by atoms with Crippen molar-refractivity contribution in [2.45, 2.75) is 6.92 Å². The largest absolute Gasteiger partial charge is 0.278 e. The number of aromatic nitrogens is 2. The third kappa shape index (κ3) is 3.35. The third-order valence-corrected chi connectivity index (χ3v) is 2.67. The van der Waals surface area contributed by atoms with Crippen LogP contribution in [0, 0.1) is 0 Å². The third-order valence-electron chi connectivity index (χ3n) is 2.14. The number of nitrogens with zero attached hydrogens (tertiary/aromatic N) is 3. The highest BCUT2D eigenvalue weighted by molar-refractivity contribution is 9.10. The second-order valence-electron chi connectivity index (χ2n) is 3.42. The topological polar surface area (TPSA) is 50.2 Å². The molecule has 17 heavy (non-hydrogen) atoms. The molecule has 2 rings (SSSR count). The number of hydrogen-bond acceptors (Lipinski definition) is 4. The number of benzene rings is 1. The molecule has 0 saturated heterocycles. The molecule has 0 amide bonds. The summed E-state index contributed by atoms with van der Waals surface area (Å²) >= 11 is 3.38. The number of hydrazone groups is 1. The van der Waals surface area contributed by atoms with Gasteiger partial charge in [0.15, 0.2) is 0 Å². The van der Waals surface area contributed by atoms with Crippen molar-refractivity contribution in [2.24, 2.45) is 5.10 Å². The molecule has 2 aromatic rings. The molecule has 0 bridgehead atoms. The number of rotatable bonds is 3. The van der Waals surface area contributed by atoms with Gasteiger partial charge in [-0.05, 0) is 43.3 Å². The van der Waals surface area contributed by atoms with E-state index in [9.17, 15) is 0 Å². The molecule has 0 fully saturated rings. The molecule has 1 N–H and O–H groups in total. The summed E-state index contributed by atoms with van der Waals surface area (Å²) in [6, 6.07) is 11.5. The Morgan fingerprint density at radius 3 is 2.65 bits per heavy atom. The smallest absolute Gasteiger partial charge is 0.109 e. The Bertz CT molecular complexity index is 508. The molecular formula is C12H11BrN4. The standard InChI is InChI=1S/C12H11BrN4/c1-9(12-3-2-8-14-17-12)15-16-11-6-4-10(13)5-7-11/h2-8,16H,1H3/b15-9-.